The van der Waals surface area contributed by atoms with E-state index in [1.165, 1.54) is 11.0 Å². The van der Waals surface area contributed by atoms with Crippen LogP contribution in [0.4, 0.5) is 13.2 Å². The predicted molar refractivity (Wildman–Crippen MR) is 82.0 cm³/mol. The molecule has 128 valence electrons. The molecule has 0 aliphatic rings. The van der Waals surface area contributed by atoms with E-state index in [0.717, 1.165) is 11.3 Å². The van der Waals surface area contributed by atoms with E-state index in [9.17, 15) is 22.8 Å². The molecule has 2 aromatic rings. The molecule has 24 heavy (non-hydrogen) atoms. The average molecular weight is 358 g/mol. The third-order valence-corrected chi connectivity index (χ3v) is 4.19. The van der Waals surface area contributed by atoms with Crippen molar-refractivity contribution in [3.8, 4) is 0 Å². The summed E-state index contributed by atoms with van der Waals surface area (Å²) in [5.74, 6) is -5.08. The standard InChI is InChI=1S/C15H13F3N2O3S/c1-2-5-20(11(21)3-4-12(22)23)7-10-19-14-13(18)8(16)6-9(17)15(14)24-10/h2,6H,1,3-5,7H2,(H,22,23). The summed E-state index contributed by atoms with van der Waals surface area (Å²) in [6.07, 6.45) is 0.888. The number of thiazole rings is 1. The Morgan fingerprint density at radius 3 is 2.62 bits per heavy atom. The molecule has 1 N–H and O–H groups in total. The molecule has 1 aromatic heterocycles. The van der Waals surface area contributed by atoms with Gasteiger partial charge in [0, 0.05) is 19.0 Å². The van der Waals surface area contributed by atoms with Crippen LogP contribution in [0, 0.1) is 17.5 Å². The van der Waals surface area contributed by atoms with Crippen LogP contribution in [0.15, 0.2) is 18.7 Å². The predicted octanol–water partition coefficient (Wildman–Crippen LogP) is 3.09. The molecule has 0 aliphatic carbocycles. The Morgan fingerprint density at radius 1 is 1.29 bits per heavy atom. The summed E-state index contributed by atoms with van der Waals surface area (Å²) in [5.41, 5.74) is -0.427. The lowest BCUT2D eigenvalue weighted by atomic mass is 10.2. The van der Waals surface area contributed by atoms with Crippen LogP contribution in [-0.4, -0.2) is 33.4 Å². The zero-order valence-electron chi connectivity index (χ0n) is 12.4. The van der Waals surface area contributed by atoms with Crippen molar-refractivity contribution in [3.63, 3.8) is 0 Å². The van der Waals surface area contributed by atoms with Crippen molar-refractivity contribution in [1.29, 1.82) is 0 Å². The van der Waals surface area contributed by atoms with Gasteiger partial charge in [-0.2, -0.15) is 0 Å². The van der Waals surface area contributed by atoms with Gasteiger partial charge in [-0.3, -0.25) is 9.59 Å². The van der Waals surface area contributed by atoms with Crippen LogP contribution in [0.1, 0.15) is 17.8 Å². The number of carbonyl (C=O) groups excluding carboxylic acids is 1. The highest BCUT2D eigenvalue weighted by molar-refractivity contribution is 7.18. The third-order valence-electron chi connectivity index (χ3n) is 3.14. The van der Waals surface area contributed by atoms with Crippen LogP contribution in [0.5, 0.6) is 0 Å². The van der Waals surface area contributed by atoms with Gasteiger partial charge in [0.1, 0.15) is 16.3 Å². The molecule has 1 aromatic carbocycles. The average Bonchev–Trinajstić information content (AvgIpc) is 2.94. The van der Waals surface area contributed by atoms with E-state index in [4.69, 9.17) is 5.11 Å². The second-order valence-electron chi connectivity index (χ2n) is 4.90. The molecule has 0 aliphatic heterocycles. The van der Waals surface area contributed by atoms with Gasteiger partial charge >= 0.3 is 5.97 Å². The first-order chi connectivity index (χ1) is 11.3. The van der Waals surface area contributed by atoms with Gasteiger partial charge < -0.3 is 10.0 Å². The molecular weight excluding hydrogens is 345 g/mol. The largest absolute Gasteiger partial charge is 0.481 e. The lowest BCUT2D eigenvalue weighted by Gasteiger charge is -2.19. The Morgan fingerprint density at radius 2 is 2.00 bits per heavy atom. The highest BCUT2D eigenvalue weighted by atomic mass is 32.1. The summed E-state index contributed by atoms with van der Waals surface area (Å²) >= 11 is 0.805. The Balaban J connectivity index is 2.26. The maximum atomic E-state index is 13.7. The normalized spacial score (nSPS) is 10.8. The van der Waals surface area contributed by atoms with Crippen LogP contribution < -0.4 is 0 Å². The monoisotopic (exact) mass is 358 g/mol. The first-order valence-corrected chi connectivity index (χ1v) is 7.68. The fraction of sp³-hybridized carbons (Fsp3) is 0.267. The molecule has 0 spiro atoms. The number of amides is 1. The van der Waals surface area contributed by atoms with Gasteiger partial charge in [0.25, 0.3) is 0 Å². The molecule has 5 nitrogen and oxygen atoms in total. The van der Waals surface area contributed by atoms with Gasteiger partial charge in [-0.15, -0.1) is 17.9 Å². The zero-order valence-corrected chi connectivity index (χ0v) is 13.2. The minimum Gasteiger partial charge on any atom is -0.481 e. The SMILES string of the molecule is C=CCN(Cc1nc2c(F)c(F)cc(F)c2s1)C(=O)CCC(=O)O. The number of benzene rings is 1. The molecule has 0 saturated carbocycles. The van der Waals surface area contributed by atoms with Gasteiger partial charge in [-0.1, -0.05) is 6.08 Å². The lowest BCUT2D eigenvalue weighted by molar-refractivity contribution is -0.140. The molecular formula is C15H13F3N2O3S. The number of fused-ring (bicyclic) bond motifs is 1. The number of rotatable bonds is 7. The van der Waals surface area contributed by atoms with Gasteiger partial charge in [0.05, 0.1) is 17.7 Å². The minimum absolute atomic E-state index is 0.0790. The van der Waals surface area contributed by atoms with Crippen LogP contribution in [0.3, 0.4) is 0 Å². The number of carbonyl (C=O) groups is 2. The van der Waals surface area contributed by atoms with Gasteiger partial charge in [-0.25, -0.2) is 18.2 Å². The molecule has 0 bridgehead atoms. The highest BCUT2D eigenvalue weighted by Gasteiger charge is 2.20. The molecule has 1 heterocycles. The van der Waals surface area contributed by atoms with Crippen molar-refractivity contribution in [2.45, 2.75) is 19.4 Å². The molecule has 2 rings (SSSR count). The number of aromatic nitrogens is 1. The van der Waals surface area contributed by atoms with E-state index >= 15 is 0 Å². The maximum Gasteiger partial charge on any atom is 0.303 e. The molecule has 0 atom stereocenters. The maximum absolute atomic E-state index is 13.7. The quantitative estimate of drug-likeness (QED) is 0.610. The first kappa shape index (κ1) is 17.9. The number of aliphatic carboxylic acids is 1. The van der Waals surface area contributed by atoms with Gasteiger partial charge in [-0.05, 0) is 0 Å². The zero-order chi connectivity index (χ0) is 17.9. The van der Waals surface area contributed by atoms with E-state index in [1.807, 2.05) is 0 Å². The second-order valence-corrected chi connectivity index (χ2v) is 5.98. The topological polar surface area (TPSA) is 70.5 Å². The molecule has 0 unspecified atom stereocenters. The fourth-order valence-corrected chi connectivity index (χ4v) is 3.02. The smallest absolute Gasteiger partial charge is 0.303 e. The van der Waals surface area contributed by atoms with Crippen molar-refractivity contribution in [2.24, 2.45) is 0 Å². The summed E-state index contributed by atoms with van der Waals surface area (Å²) in [5, 5.41) is 8.83. The Labute approximate surface area is 139 Å². The van der Waals surface area contributed by atoms with Crippen LogP contribution >= 0.6 is 11.3 Å². The highest BCUT2D eigenvalue weighted by Crippen LogP contribution is 2.29. The Hall–Kier alpha value is -2.42. The summed E-state index contributed by atoms with van der Waals surface area (Å²) in [6, 6.07) is 0.444. The number of hydrogen-bond acceptors (Lipinski definition) is 4. The lowest BCUT2D eigenvalue weighted by Crippen LogP contribution is -2.30. The van der Waals surface area contributed by atoms with E-state index in [-0.39, 0.29) is 35.6 Å². The van der Waals surface area contributed by atoms with Crippen LogP contribution in [0.2, 0.25) is 0 Å². The van der Waals surface area contributed by atoms with E-state index in [1.54, 1.807) is 0 Å². The van der Waals surface area contributed by atoms with Crippen molar-refractivity contribution in [3.05, 3.63) is 41.2 Å². The second kappa shape index (κ2) is 7.43. The summed E-state index contributed by atoms with van der Waals surface area (Å²) in [4.78, 5) is 27.7. The number of carboxylic acid groups (broad SMARTS) is 1. The molecule has 0 radical (unpaired) electrons. The Bertz CT molecular complexity index is 807. The summed E-state index contributed by atoms with van der Waals surface area (Å²) < 4.78 is 40.5. The van der Waals surface area contributed by atoms with Gasteiger partial charge in [0.2, 0.25) is 5.91 Å². The Kier molecular flexibility index (Phi) is 5.55. The molecule has 9 heteroatoms. The van der Waals surface area contributed by atoms with E-state index in [0.29, 0.717) is 6.07 Å². The van der Waals surface area contributed by atoms with Crippen molar-refractivity contribution < 1.29 is 27.9 Å². The molecule has 1 amide bonds. The van der Waals surface area contributed by atoms with Crippen molar-refractivity contribution in [2.75, 3.05) is 6.54 Å². The van der Waals surface area contributed by atoms with Crippen LogP contribution in [0.25, 0.3) is 10.2 Å². The summed E-state index contributed by atoms with van der Waals surface area (Å²) in [7, 11) is 0. The number of halogens is 3. The van der Waals surface area contributed by atoms with Crippen molar-refractivity contribution in [1.82, 2.24) is 9.88 Å². The molecule has 0 fully saturated rings. The number of carboxylic acids is 1. The van der Waals surface area contributed by atoms with E-state index in [2.05, 4.69) is 11.6 Å². The van der Waals surface area contributed by atoms with Crippen molar-refractivity contribution >= 4 is 33.4 Å². The fourth-order valence-electron chi connectivity index (χ4n) is 2.04. The summed E-state index contributed by atoms with van der Waals surface area (Å²) in [6.45, 7) is 3.55. The first-order valence-electron chi connectivity index (χ1n) is 6.86. The third kappa shape index (κ3) is 3.91. The number of hydrogen-bond donors (Lipinski definition) is 1. The van der Waals surface area contributed by atoms with E-state index < -0.39 is 34.8 Å². The molecule has 0 saturated heterocycles. The number of nitrogens with zero attached hydrogens (tertiary/aromatic N) is 2. The van der Waals surface area contributed by atoms with Crippen LogP contribution in [-0.2, 0) is 16.1 Å². The minimum atomic E-state index is -1.34. The van der Waals surface area contributed by atoms with Gasteiger partial charge in [0.15, 0.2) is 11.6 Å².